The van der Waals surface area contributed by atoms with E-state index in [9.17, 15) is 19.5 Å². The number of thioether (sulfide) groups is 1. The Hall–Kier alpha value is -1.32. The van der Waals surface area contributed by atoms with Crippen LogP contribution in [0.3, 0.4) is 0 Å². The number of nitrogens with zero attached hydrogens (tertiary/aromatic N) is 2. The summed E-state index contributed by atoms with van der Waals surface area (Å²) in [6, 6.07) is -0.635. The summed E-state index contributed by atoms with van der Waals surface area (Å²) in [4.78, 5) is 44.9. The number of esters is 1. The average molecular weight is 586 g/mol. The van der Waals surface area contributed by atoms with Crippen LogP contribution >= 0.6 is 27.7 Å². The Morgan fingerprint density at radius 1 is 1.25 bits per heavy atom. The van der Waals surface area contributed by atoms with Gasteiger partial charge in [-0.2, -0.15) is 0 Å². The van der Waals surface area contributed by atoms with Crippen molar-refractivity contribution in [2.24, 2.45) is 11.8 Å². The molecule has 3 saturated heterocycles. The van der Waals surface area contributed by atoms with Crippen molar-refractivity contribution in [3.8, 4) is 0 Å². The number of carbonyl (C=O) groups is 3. The van der Waals surface area contributed by atoms with Crippen molar-refractivity contribution in [1.82, 2.24) is 9.80 Å². The standard InChI is InChI=1S/C27H41BrN2O5S/c1-4-7-9-14-29(13-6-3)25(33)23-27-18-19(28)22(36-27)20(26(34)35-17-12-8-5-2)21(27)24(32)30(23)15-10-11-16-31/h5-6,19-23,31H,2-4,7-18H2,1H3/t19?,20-,21-,22-,23?,27?/m0/s1. The lowest BCUT2D eigenvalue weighted by Gasteiger charge is -2.38. The summed E-state index contributed by atoms with van der Waals surface area (Å²) in [5, 5.41) is 9.22. The van der Waals surface area contributed by atoms with Gasteiger partial charge in [0.15, 0.2) is 0 Å². The number of ether oxygens (including phenoxy) is 1. The fourth-order valence-corrected chi connectivity index (χ4v) is 9.58. The summed E-state index contributed by atoms with van der Waals surface area (Å²) < 4.78 is 4.96. The topological polar surface area (TPSA) is 87.1 Å². The molecule has 2 amide bonds. The molecule has 0 aromatic carbocycles. The predicted octanol–water partition coefficient (Wildman–Crippen LogP) is 3.94. The van der Waals surface area contributed by atoms with E-state index in [4.69, 9.17) is 4.74 Å². The molecule has 3 fully saturated rings. The van der Waals surface area contributed by atoms with Crippen LogP contribution < -0.4 is 0 Å². The lowest BCUT2D eigenvalue weighted by atomic mass is 9.71. The zero-order valence-corrected chi connectivity index (χ0v) is 23.8. The Morgan fingerprint density at radius 3 is 2.69 bits per heavy atom. The van der Waals surface area contributed by atoms with E-state index in [0.717, 1.165) is 25.7 Å². The molecule has 0 aromatic rings. The zero-order chi connectivity index (χ0) is 26.3. The maximum absolute atomic E-state index is 14.2. The van der Waals surface area contributed by atoms with Crippen LogP contribution in [0, 0.1) is 11.8 Å². The van der Waals surface area contributed by atoms with Crippen LogP contribution in [0.25, 0.3) is 0 Å². The molecular weight excluding hydrogens is 544 g/mol. The van der Waals surface area contributed by atoms with Crippen molar-refractivity contribution in [3.63, 3.8) is 0 Å². The molecular formula is C27H41BrN2O5S. The molecule has 0 saturated carbocycles. The molecule has 36 heavy (non-hydrogen) atoms. The molecule has 9 heteroatoms. The van der Waals surface area contributed by atoms with E-state index < -0.39 is 22.6 Å². The first-order chi connectivity index (χ1) is 17.4. The van der Waals surface area contributed by atoms with Gasteiger partial charge in [0.1, 0.15) is 6.04 Å². The molecule has 3 aliphatic rings. The van der Waals surface area contributed by atoms with Crippen molar-refractivity contribution in [2.45, 2.75) is 79.2 Å². The minimum Gasteiger partial charge on any atom is -0.465 e. The molecule has 6 atom stereocenters. The average Bonchev–Trinajstić information content (AvgIpc) is 3.44. The number of allylic oxidation sites excluding steroid dienone is 1. The van der Waals surface area contributed by atoms with E-state index in [1.807, 2.05) is 4.90 Å². The van der Waals surface area contributed by atoms with Crippen molar-refractivity contribution >= 4 is 45.5 Å². The highest BCUT2D eigenvalue weighted by Crippen LogP contribution is 2.68. The maximum atomic E-state index is 14.2. The quantitative estimate of drug-likeness (QED) is 0.128. The Morgan fingerprint density at radius 2 is 2.03 bits per heavy atom. The summed E-state index contributed by atoms with van der Waals surface area (Å²) in [5.41, 5.74) is 0. The fraction of sp³-hybridized carbons (Fsp3) is 0.741. The van der Waals surface area contributed by atoms with Gasteiger partial charge in [-0.3, -0.25) is 14.4 Å². The zero-order valence-electron chi connectivity index (χ0n) is 21.4. The van der Waals surface area contributed by atoms with Crippen LogP contribution in [0.1, 0.15) is 58.3 Å². The number of hydrogen-bond acceptors (Lipinski definition) is 6. The molecule has 0 radical (unpaired) electrons. The number of halogens is 1. The highest BCUT2D eigenvalue weighted by atomic mass is 79.9. The Bertz CT molecular complexity index is 826. The molecule has 0 aromatic heterocycles. The molecule has 7 nitrogen and oxygen atoms in total. The number of unbranched alkanes of at least 4 members (excludes halogenated alkanes) is 4. The van der Waals surface area contributed by atoms with Gasteiger partial charge in [-0.1, -0.05) is 47.8 Å². The minimum absolute atomic E-state index is 0.0258. The van der Waals surface area contributed by atoms with Crippen LogP contribution in [0.15, 0.2) is 25.3 Å². The van der Waals surface area contributed by atoms with Gasteiger partial charge >= 0.3 is 5.97 Å². The van der Waals surface area contributed by atoms with E-state index in [2.05, 4.69) is 36.0 Å². The number of hydrogen-bond donors (Lipinski definition) is 1. The first-order valence-electron chi connectivity index (χ1n) is 13.3. The number of alkyl halides is 1. The number of aliphatic hydroxyl groups excluding tert-OH is 1. The molecule has 1 spiro atoms. The third-order valence-corrected chi connectivity index (χ3v) is 10.8. The summed E-state index contributed by atoms with van der Waals surface area (Å²) >= 11 is 5.42. The highest BCUT2D eigenvalue weighted by molar-refractivity contribution is 9.09. The normalized spacial score (nSPS) is 30.4. The third kappa shape index (κ3) is 5.73. The SMILES string of the molecule is C=CCCCOC(=O)[C@H]1[C@H]2C(=O)N(CCCCO)C(C(=O)N(CC=C)CCCCC)C23CC(Br)[C@@H]1S3. The van der Waals surface area contributed by atoms with Crippen LogP contribution in [-0.2, 0) is 19.1 Å². The largest absolute Gasteiger partial charge is 0.465 e. The first-order valence-corrected chi connectivity index (χ1v) is 15.1. The second kappa shape index (κ2) is 13.5. The van der Waals surface area contributed by atoms with E-state index in [-0.39, 0.29) is 34.5 Å². The molecule has 0 aliphatic carbocycles. The van der Waals surface area contributed by atoms with E-state index in [0.29, 0.717) is 51.9 Å². The van der Waals surface area contributed by atoms with Crippen LogP contribution in [0.5, 0.6) is 0 Å². The second-order valence-electron chi connectivity index (χ2n) is 10.0. The third-order valence-electron chi connectivity index (χ3n) is 7.59. The Kier molecular flexibility index (Phi) is 10.9. The second-order valence-corrected chi connectivity index (χ2v) is 12.7. The van der Waals surface area contributed by atoms with Crippen LogP contribution in [0.4, 0.5) is 0 Å². The fourth-order valence-electron chi connectivity index (χ4n) is 5.98. The van der Waals surface area contributed by atoms with Crippen molar-refractivity contribution in [2.75, 3.05) is 32.8 Å². The number of carbonyl (C=O) groups excluding carboxylic acids is 3. The minimum atomic E-state index is -0.665. The van der Waals surface area contributed by atoms with Gasteiger partial charge in [-0.05, 0) is 38.5 Å². The number of amides is 2. The molecule has 3 aliphatic heterocycles. The summed E-state index contributed by atoms with van der Waals surface area (Å²) in [6.45, 7) is 11.5. The van der Waals surface area contributed by atoms with E-state index in [1.165, 1.54) is 0 Å². The van der Waals surface area contributed by atoms with Crippen LogP contribution in [0.2, 0.25) is 0 Å². The Labute approximate surface area is 228 Å². The highest BCUT2D eigenvalue weighted by Gasteiger charge is 2.76. The molecule has 3 rings (SSSR count). The monoisotopic (exact) mass is 584 g/mol. The summed E-state index contributed by atoms with van der Waals surface area (Å²) in [7, 11) is 0. The first kappa shape index (κ1) is 29.2. The molecule has 202 valence electrons. The van der Waals surface area contributed by atoms with Crippen LogP contribution in [-0.4, -0.2) is 86.4 Å². The number of likely N-dealkylation sites (tertiary alicyclic amines) is 1. The van der Waals surface area contributed by atoms with Gasteiger partial charge in [0.2, 0.25) is 11.8 Å². The predicted molar refractivity (Wildman–Crippen MR) is 147 cm³/mol. The van der Waals surface area contributed by atoms with Gasteiger partial charge in [0.05, 0.1) is 23.2 Å². The van der Waals surface area contributed by atoms with E-state index >= 15 is 0 Å². The summed E-state index contributed by atoms with van der Waals surface area (Å²) in [6.07, 6.45) is 9.78. The number of fused-ring (bicyclic) bond motifs is 1. The van der Waals surface area contributed by atoms with Gasteiger partial charge in [0, 0.05) is 36.3 Å². The maximum Gasteiger partial charge on any atom is 0.310 e. The van der Waals surface area contributed by atoms with Crippen molar-refractivity contribution in [3.05, 3.63) is 25.3 Å². The molecule has 2 bridgehead atoms. The van der Waals surface area contributed by atoms with E-state index in [1.54, 1.807) is 28.8 Å². The van der Waals surface area contributed by atoms with Gasteiger partial charge < -0.3 is 19.6 Å². The molecule has 3 unspecified atom stereocenters. The van der Waals surface area contributed by atoms with Gasteiger partial charge in [-0.25, -0.2) is 0 Å². The lowest BCUT2D eigenvalue weighted by Crippen LogP contribution is -2.55. The van der Waals surface area contributed by atoms with Crippen molar-refractivity contribution < 1.29 is 24.2 Å². The molecule has 1 N–H and O–H groups in total. The van der Waals surface area contributed by atoms with Gasteiger partial charge in [0.25, 0.3) is 0 Å². The number of aliphatic hydroxyl groups is 1. The van der Waals surface area contributed by atoms with Gasteiger partial charge in [-0.15, -0.1) is 24.9 Å². The Balaban J connectivity index is 1.92. The molecule has 3 heterocycles. The number of rotatable bonds is 16. The smallest absolute Gasteiger partial charge is 0.310 e. The summed E-state index contributed by atoms with van der Waals surface area (Å²) in [5.74, 6) is -1.66. The lowest BCUT2D eigenvalue weighted by molar-refractivity contribution is -0.154. The van der Waals surface area contributed by atoms with Crippen molar-refractivity contribution in [1.29, 1.82) is 0 Å².